The van der Waals surface area contributed by atoms with E-state index in [-0.39, 0.29) is 12.1 Å². The van der Waals surface area contributed by atoms with Crippen molar-refractivity contribution in [2.75, 3.05) is 12.4 Å². The molecule has 4 nitrogen and oxygen atoms in total. The molecule has 0 aliphatic heterocycles. The Morgan fingerprint density at radius 2 is 1.75 bits per heavy atom. The van der Waals surface area contributed by atoms with Crippen LogP contribution in [0.25, 0.3) is 0 Å². The number of hydrogen-bond donors (Lipinski definition) is 2. The SMILES string of the molecule is COc1ccc(NC(=O)NC2C(C)CCCC2C)cc1. The van der Waals surface area contributed by atoms with Crippen LogP contribution < -0.4 is 15.4 Å². The molecule has 1 aliphatic rings. The standard InChI is InChI=1S/C16H24N2O2/c1-11-5-4-6-12(2)15(11)18-16(19)17-13-7-9-14(20-3)10-8-13/h7-12,15H,4-6H2,1-3H3,(H2,17,18,19). The van der Waals surface area contributed by atoms with Gasteiger partial charge in [0.2, 0.25) is 0 Å². The molecular weight excluding hydrogens is 252 g/mol. The van der Waals surface area contributed by atoms with Gasteiger partial charge in [0.15, 0.2) is 0 Å². The van der Waals surface area contributed by atoms with Crippen molar-refractivity contribution in [2.45, 2.75) is 39.2 Å². The molecule has 0 radical (unpaired) electrons. The van der Waals surface area contributed by atoms with Gasteiger partial charge in [-0.25, -0.2) is 4.79 Å². The van der Waals surface area contributed by atoms with E-state index in [2.05, 4.69) is 24.5 Å². The maximum Gasteiger partial charge on any atom is 0.319 e. The van der Waals surface area contributed by atoms with Crippen LogP contribution in [0, 0.1) is 11.8 Å². The van der Waals surface area contributed by atoms with E-state index in [0.29, 0.717) is 11.8 Å². The average Bonchev–Trinajstić information content (AvgIpc) is 2.44. The summed E-state index contributed by atoms with van der Waals surface area (Å²) in [5.41, 5.74) is 0.777. The van der Waals surface area contributed by atoms with Crippen molar-refractivity contribution in [1.29, 1.82) is 0 Å². The van der Waals surface area contributed by atoms with E-state index in [1.54, 1.807) is 7.11 Å². The Labute approximate surface area is 120 Å². The molecule has 0 spiro atoms. The first kappa shape index (κ1) is 14.7. The summed E-state index contributed by atoms with van der Waals surface area (Å²) in [7, 11) is 1.63. The molecule has 2 N–H and O–H groups in total. The highest BCUT2D eigenvalue weighted by atomic mass is 16.5. The maximum atomic E-state index is 12.1. The molecule has 4 heteroatoms. The molecule has 0 aromatic heterocycles. The van der Waals surface area contributed by atoms with Gasteiger partial charge in [0.1, 0.15) is 5.75 Å². The Kier molecular flexibility index (Phi) is 4.88. The molecule has 2 rings (SSSR count). The molecule has 1 aromatic rings. The number of benzene rings is 1. The Morgan fingerprint density at radius 1 is 1.15 bits per heavy atom. The first-order chi connectivity index (χ1) is 9.60. The highest BCUT2D eigenvalue weighted by Gasteiger charge is 2.28. The number of hydrogen-bond acceptors (Lipinski definition) is 2. The first-order valence-corrected chi connectivity index (χ1v) is 7.31. The summed E-state index contributed by atoms with van der Waals surface area (Å²) in [5, 5.41) is 5.99. The Hall–Kier alpha value is -1.71. The number of amides is 2. The zero-order valence-corrected chi connectivity index (χ0v) is 12.5. The van der Waals surface area contributed by atoms with Gasteiger partial charge in [0.25, 0.3) is 0 Å². The van der Waals surface area contributed by atoms with Gasteiger partial charge in [0, 0.05) is 11.7 Å². The predicted molar refractivity (Wildman–Crippen MR) is 81.1 cm³/mol. The zero-order chi connectivity index (χ0) is 14.5. The lowest BCUT2D eigenvalue weighted by Gasteiger charge is -2.35. The summed E-state index contributed by atoms with van der Waals surface area (Å²) in [6.45, 7) is 4.43. The molecule has 1 fully saturated rings. The van der Waals surface area contributed by atoms with Crippen LogP contribution >= 0.6 is 0 Å². The predicted octanol–water partition coefficient (Wildman–Crippen LogP) is 3.64. The highest BCUT2D eigenvalue weighted by Crippen LogP contribution is 2.28. The van der Waals surface area contributed by atoms with Crippen molar-refractivity contribution in [3.8, 4) is 5.75 Å². The third-order valence-corrected chi connectivity index (χ3v) is 4.19. The largest absolute Gasteiger partial charge is 0.497 e. The molecule has 0 bridgehead atoms. The molecular formula is C16H24N2O2. The van der Waals surface area contributed by atoms with Crippen LogP contribution in [0.2, 0.25) is 0 Å². The van der Waals surface area contributed by atoms with Crippen molar-refractivity contribution in [3.63, 3.8) is 0 Å². The maximum absolute atomic E-state index is 12.1. The fraction of sp³-hybridized carbons (Fsp3) is 0.562. The number of urea groups is 1. The second-order valence-electron chi connectivity index (χ2n) is 5.74. The summed E-state index contributed by atoms with van der Waals surface area (Å²) in [4.78, 5) is 12.1. The van der Waals surface area contributed by atoms with Crippen LogP contribution in [0.5, 0.6) is 5.75 Å². The fourth-order valence-corrected chi connectivity index (χ4v) is 2.96. The number of rotatable bonds is 3. The minimum atomic E-state index is -0.124. The van der Waals surface area contributed by atoms with Gasteiger partial charge >= 0.3 is 6.03 Å². The molecule has 0 saturated heterocycles. The van der Waals surface area contributed by atoms with Crippen LogP contribution in [-0.4, -0.2) is 19.2 Å². The van der Waals surface area contributed by atoms with E-state index >= 15 is 0 Å². The number of nitrogens with one attached hydrogen (secondary N) is 2. The highest BCUT2D eigenvalue weighted by molar-refractivity contribution is 5.89. The second-order valence-corrected chi connectivity index (χ2v) is 5.74. The fourth-order valence-electron chi connectivity index (χ4n) is 2.96. The van der Waals surface area contributed by atoms with E-state index < -0.39 is 0 Å². The van der Waals surface area contributed by atoms with E-state index in [4.69, 9.17) is 4.74 Å². The second kappa shape index (κ2) is 6.64. The van der Waals surface area contributed by atoms with Crippen molar-refractivity contribution in [1.82, 2.24) is 5.32 Å². The summed E-state index contributed by atoms with van der Waals surface area (Å²) in [6.07, 6.45) is 3.65. The van der Waals surface area contributed by atoms with Crippen LogP contribution in [0.15, 0.2) is 24.3 Å². The van der Waals surface area contributed by atoms with Gasteiger partial charge in [-0.3, -0.25) is 0 Å². The molecule has 1 aliphatic carbocycles. The van der Waals surface area contributed by atoms with Gasteiger partial charge in [-0.2, -0.15) is 0 Å². The molecule has 1 aromatic carbocycles. The molecule has 110 valence electrons. The van der Waals surface area contributed by atoms with Crippen LogP contribution in [-0.2, 0) is 0 Å². The Balaban J connectivity index is 1.90. The van der Waals surface area contributed by atoms with E-state index in [0.717, 1.165) is 11.4 Å². The lowest BCUT2D eigenvalue weighted by atomic mass is 9.79. The van der Waals surface area contributed by atoms with Crippen molar-refractivity contribution < 1.29 is 9.53 Å². The van der Waals surface area contributed by atoms with Crippen LogP contribution in [0.3, 0.4) is 0 Å². The van der Waals surface area contributed by atoms with Gasteiger partial charge in [-0.15, -0.1) is 0 Å². The number of ether oxygens (including phenoxy) is 1. The van der Waals surface area contributed by atoms with Crippen LogP contribution in [0.4, 0.5) is 10.5 Å². The Bertz CT molecular complexity index is 434. The summed E-state index contributed by atoms with van der Waals surface area (Å²) >= 11 is 0. The number of anilines is 1. The van der Waals surface area contributed by atoms with Crippen LogP contribution in [0.1, 0.15) is 33.1 Å². The number of methoxy groups -OCH3 is 1. The number of carbonyl (C=O) groups is 1. The molecule has 2 atom stereocenters. The van der Waals surface area contributed by atoms with E-state index in [9.17, 15) is 4.79 Å². The zero-order valence-electron chi connectivity index (χ0n) is 12.5. The summed E-state index contributed by atoms with van der Waals surface area (Å²) < 4.78 is 5.10. The third-order valence-electron chi connectivity index (χ3n) is 4.19. The number of carbonyl (C=O) groups excluding carboxylic acids is 1. The molecule has 20 heavy (non-hydrogen) atoms. The van der Waals surface area contributed by atoms with Crippen molar-refractivity contribution in [3.05, 3.63) is 24.3 Å². The molecule has 2 amide bonds. The van der Waals surface area contributed by atoms with Gasteiger partial charge in [-0.1, -0.05) is 20.3 Å². The summed E-state index contributed by atoms with van der Waals surface area (Å²) in [5.74, 6) is 1.87. The molecule has 1 saturated carbocycles. The van der Waals surface area contributed by atoms with E-state index in [1.807, 2.05) is 24.3 Å². The first-order valence-electron chi connectivity index (χ1n) is 7.31. The van der Waals surface area contributed by atoms with Gasteiger partial charge < -0.3 is 15.4 Å². The van der Waals surface area contributed by atoms with Gasteiger partial charge in [0.05, 0.1) is 7.11 Å². The minimum Gasteiger partial charge on any atom is -0.497 e. The van der Waals surface area contributed by atoms with Crippen molar-refractivity contribution in [2.24, 2.45) is 11.8 Å². The quantitative estimate of drug-likeness (QED) is 0.885. The molecule has 0 heterocycles. The van der Waals surface area contributed by atoms with E-state index in [1.165, 1.54) is 19.3 Å². The average molecular weight is 276 g/mol. The normalized spacial score (nSPS) is 25.9. The Morgan fingerprint density at radius 3 is 2.30 bits per heavy atom. The monoisotopic (exact) mass is 276 g/mol. The summed E-state index contributed by atoms with van der Waals surface area (Å²) in [6, 6.07) is 7.49. The third kappa shape index (κ3) is 3.65. The lowest BCUT2D eigenvalue weighted by Crippen LogP contribution is -2.47. The molecule has 2 unspecified atom stereocenters. The topological polar surface area (TPSA) is 50.4 Å². The smallest absolute Gasteiger partial charge is 0.319 e. The lowest BCUT2D eigenvalue weighted by molar-refractivity contribution is 0.202. The van der Waals surface area contributed by atoms with Crippen molar-refractivity contribution >= 4 is 11.7 Å². The minimum absolute atomic E-state index is 0.124. The van der Waals surface area contributed by atoms with Gasteiger partial charge in [-0.05, 0) is 48.9 Å².